The van der Waals surface area contributed by atoms with E-state index in [4.69, 9.17) is 4.74 Å². The van der Waals surface area contributed by atoms with Gasteiger partial charge in [-0.1, -0.05) is 68.4 Å². The van der Waals surface area contributed by atoms with Crippen molar-refractivity contribution in [2.45, 2.75) is 26.2 Å². The van der Waals surface area contributed by atoms with Gasteiger partial charge in [-0.05, 0) is 28.7 Å². The largest absolute Gasteiger partial charge is 0.465 e. The molecule has 3 rings (SSSR count). The summed E-state index contributed by atoms with van der Waals surface area (Å²) in [5.74, 6) is -0.170. The third-order valence-electron chi connectivity index (χ3n) is 4.45. The van der Waals surface area contributed by atoms with Gasteiger partial charge in [0.05, 0.1) is 19.2 Å². The number of amides is 1. The van der Waals surface area contributed by atoms with Crippen molar-refractivity contribution in [3.8, 4) is 10.4 Å². The summed E-state index contributed by atoms with van der Waals surface area (Å²) in [7, 11) is 1.34. The van der Waals surface area contributed by atoms with Crippen molar-refractivity contribution in [3.05, 3.63) is 76.7 Å². The number of thiophene rings is 1. The highest BCUT2D eigenvalue weighted by Crippen LogP contribution is 2.35. The number of hydrogen-bond donors (Lipinski definition) is 1. The molecule has 28 heavy (non-hydrogen) atoms. The number of ether oxygens (including phenoxy) is 1. The van der Waals surface area contributed by atoms with Gasteiger partial charge in [0.15, 0.2) is 0 Å². The molecule has 0 fully saturated rings. The van der Waals surface area contributed by atoms with Crippen molar-refractivity contribution in [2.75, 3.05) is 12.4 Å². The Morgan fingerprint density at radius 3 is 2.32 bits per heavy atom. The van der Waals surface area contributed by atoms with Crippen LogP contribution in [0.3, 0.4) is 0 Å². The first-order chi connectivity index (χ1) is 13.5. The SMILES string of the molecule is COC(=O)c1sc(-c2ccccc2)cc1NC(=O)Cc1ccc(C(C)C)cc1. The lowest BCUT2D eigenvalue weighted by Gasteiger charge is -2.08. The number of esters is 1. The molecule has 0 atom stereocenters. The molecule has 0 radical (unpaired) electrons. The van der Waals surface area contributed by atoms with Gasteiger partial charge in [0.1, 0.15) is 4.88 Å². The van der Waals surface area contributed by atoms with Crippen LogP contribution in [0.25, 0.3) is 10.4 Å². The molecule has 1 heterocycles. The third kappa shape index (κ3) is 4.67. The van der Waals surface area contributed by atoms with E-state index in [2.05, 4.69) is 19.2 Å². The Hall–Kier alpha value is -2.92. The summed E-state index contributed by atoms with van der Waals surface area (Å²) in [5.41, 5.74) is 3.64. The molecule has 0 bridgehead atoms. The summed E-state index contributed by atoms with van der Waals surface area (Å²) in [5, 5.41) is 2.87. The highest BCUT2D eigenvalue weighted by molar-refractivity contribution is 7.18. The highest BCUT2D eigenvalue weighted by Gasteiger charge is 2.19. The van der Waals surface area contributed by atoms with Crippen LogP contribution in [0.4, 0.5) is 5.69 Å². The molecular weight excluding hydrogens is 370 g/mol. The van der Waals surface area contributed by atoms with Gasteiger partial charge in [0.2, 0.25) is 5.91 Å². The maximum absolute atomic E-state index is 12.6. The number of rotatable bonds is 6. The molecule has 1 aromatic heterocycles. The Bertz CT molecular complexity index is 959. The predicted molar refractivity (Wildman–Crippen MR) is 114 cm³/mol. The van der Waals surface area contributed by atoms with E-state index in [1.165, 1.54) is 24.0 Å². The third-order valence-corrected chi connectivity index (χ3v) is 5.61. The number of carbonyl (C=O) groups excluding carboxylic acids is 2. The van der Waals surface area contributed by atoms with Crippen molar-refractivity contribution in [1.29, 1.82) is 0 Å². The van der Waals surface area contributed by atoms with Crippen LogP contribution >= 0.6 is 11.3 Å². The quantitative estimate of drug-likeness (QED) is 0.562. The fourth-order valence-electron chi connectivity index (χ4n) is 2.87. The summed E-state index contributed by atoms with van der Waals surface area (Å²) >= 11 is 1.31. The van der Waals surface area contributed by atoms with Crippen LogP contribution in [-0.4, -0.2) is 19.0 Å². The second-order valence-electron chi connectivity index (χ2n) is 6.83. The molecule has 4 nitrogen and oxygen atoms in total. The van der Waals surface area contributed by atoms with Gasteiger partial charge in [-0.15, -0.1) is 11.3 Å². The fraction of sp³-hybridized carbons (Fsp3) is 0.217. The Kier molecular flexibility index (Phi) is 6.26. The number of nitrogens with one attached hydrogen (secondary N) is 1. The summed E-state index contributed by atoms with van der Waals surface area (Å²) in [6.07, 6.45) is 0.246. The number of benzene rings is 2. The minimum Gasteiger partial charge on any atom is -0.465 e. The summed E-state index contributed by atoms with van der Waals surface area (Å²) < 4.78 is 4.88. The molecule has 0 saturated heterocycles. The van der Waals surface area contributed by atoms with E-state index in [-0.39, 0.29) is 12.3 Å². The number of carbonyl (C=O) groups is 2. The Balaban J connectivity index is 1.79. The average molecular weight is 394 g/mol. The molecule has 0 unspecified atom stereocenters. The predicted octanol–water partition coefficient (Wildman–Crippen LogP) is 5.51. The van der Waals surface area contributed by atoms with Gasteiger partial charge >= 0.3 is 5.97 Å². The fourth-order valence-corrected chi connectivity index (χ4v) is 3.91. The van der Waals surface area contributed by atoms with Gasteiger partial charge in [-0.2, -0.15) is 0 Å². The minimum atomic E-state index is -0.455. The van der Waals surface area contributed by atoms with E-state index in [1.807, 2.05) is 60.7 Å². The van der Waals surface area contributed by atoms with Crippen LogP contribution in [-0.2, 0) is 16.0 Å². The van der Waals surface area contributed by atoms with Crippen LogP contribution in [0.1, 0.15) is 40.6 Å². The van der Waals surface area contributed by atoms with Crippen molar-refractivity contribution in [2.24, 2.45) is 0 Å². The molecule has 2 aromatic carbocycles. The first-order valence-corrected chi connectivity index (χ1v) is 9.96. The molecule has 0 spiro atoms. The molecule has 3 aromatic rings. The van der Waals surface area contributed by atoms with Crippen LogP contribution in [0.5, 0.6) is 0 Å². The zero-order chi connectivity index (χ0) is 20.1. The van der Waals surface area contributed by atoms with E-state index in [1.54, 1.807) is 0 Å². The van der Waals surface area contributed by atoms with Crippen molar-refractivity contribution in [3.63, 3.8) is 0 Å². The number of anilines is 1. The minimum absolute atomic E-state index is 0.167. The summed E-state index contributed by atoms with van der Waals surface area (Å²) in [6, 6.07) is 19.6. The zero-order valence-corrected chi connectivity index (χ0v) is 17.0. The maximum atomic E-state index is 12.6. The van der Waals surface area contributed by atoms with Crippen LogP contribution in [0.15, 0.2) is 60.7 Å². The molecular formula is C23H23NO3S. The van der Waals surface area contributed by atoms with Gasteiger partial charge in [0, 0.05) is 4.88 Å². The molecule has 0 aliphatic rings. The standard InChI is InChI=1S/C23H23NO3S/c1-15(2)17-11-9-16(10-12-17)13-21(25)24-19-14-20(18-7-5-4-6-8-18)28-22(19)23(26)27-3/h4-12,14-15H,13H2,1-3H3,(H,24,25). The van der Waals surface area contributed by atoms with E-state index >= 15 is 0 Å². The monoisotopic (exact) mass is 393 g/mol. The second-order valence-corrected chi connectivity index (χ2v) is 7.88. The van der Waals surface area contributed by atoms with Crippen molar-refractivity contribution < 1.29 is 14.3 Å². The summed E-state index contributed by atoms with van der Waals surface area (Å²) in [4.78, 5) is 26.0. The topological polar surface area (TPSA) is 55.4 Å². The van der Waals surface area contributed by atoms with Gasteiger partial charge in [0.25, 0.3) is 0 Å². The van der Waals surface area contributed by atoms with Crippen molar-refractivity contribution >= 4 is 28.9 Å². The molecule has 0 aliphatic heterocycles. The van der Waals surface area contributed by atoms with E-state index in [0.717, 1.165) is 16.0 Å². The van der Waals surface area contributed by atoms with E-state index in [0.29, 0.717) is 16.5 Å². The molecule has 0 saturated carbocycles. The smallest absolute Gasteiger partial charge is 0.350 e. The summed E-state index contributed by atoms with van der Waals surface area (Å²) in [6.45, 7) is 4.27. The van der Waals surface area contributed by atoms with Crippen LogP contribution in [0.2, 0.25) is 0 Å². The molecule has 144 valence electrons. The Labute approximate surface area is 169 Å². The molecule has 1 N–H and O–H groups in total. The van der Waals surface area contributed by atoms with Gasteiger partial charge in [-0.25, -0.2) is 4.79 Å². The van der Waals surface area contributed by atoms with Crippen LogP contribution in [0, 0.1) is 0 Å². The lowest BCUT2D eigenvalue weighted by atomic mass is 10.0. The highest BCUT2D eigenvalue weighted by atomic mass is 32.1. The zero-order valence-electron chi connectivity index (χ0n) is 16.2. The lowest BCUT2D eigenvalue weighted by Crippen LogP contribution is -2.16. The Morgan fingerprint density at radius 1 is 1.04 bits per heavy atom. The molecule has 5 heteroatoms. The molecule has 0 aliphatic carbocycles. The van der Waals surface area contributed by atoms with E-state index in [9.17, 15) is 9.59 Å². The first-order valence-electron chi connectivity index (χ1n) is 9.14. The number of hydrogen-bond acceptors (Lipinski definition) is 4. The van der Waals surface area contributed by atoms with Crippen LogP contribution < -0.4 is 5.32 Å². The Morgan fingerprint density at radius 2 is 1.71 bits per heavy atom. The number of methoxy groups -OCH3 is 1. The average Bonchev–Trinajstić information content (AvgIpc) is 3.12. The second kappa shape index (κ2) is 8.85. The molecule has 1 amide bonds. The maximum Gasteiger partial charge on any atom is 0.350 e. The first kappa shape index (κ1) is 19.8. The lowest BCUT2D eigenvalue weighted by molar-refractivity contribution is -0.115. The van der Waals surface area contributed by atoms with Crippen molar-refractivity contribution in [1.82, 2.24) is 0 Å². The van der Waals surface area contributed by atoms with Gasteiger partial charge < -0.3 is 10.1 Å². The normalized spacial score (nSPS) is 10.7. The van der Waals surface area contributed by atoms with Gasteiger partial charge in [-0.3, -0.25) is 4.79 Å². The van der Waals surface area contributed by atoms with E-state index < -0.39 is 5.97 Å².